The molecule has 0 radical (unpaired) electrons. The minimum Gasteiger partial charge on any atom is -0.484 e. The van der Waals surface area contributed by atoms with Crippen LogP contribution in [0.3, 0.4) is 0 Å². The molecule has 1 aromatic heterocycles. The van der Waals surface area contributed by atoms with E-state index in [1.165, 1.54) is 16.9 Å². The maximum absolute atomic E-state index is 12.3. The van der Waals surface area contributed by atoms with Crippen molar-refractivity contribution >= 4 is 28.8 Å². The normalized spacial score (nSPS) is 27.6. The third kappa shape index (κ3) is 4.98. The van der Waals surface area contributed by atoms with E-state index in [1.807, 2.05) is 18.2 Å². The highest BCUT2D eigenvalue weighted by Gasteiger charge is 2.46. The van der Waals surface area contributed by atoms with Gasteiger partial charge in [0.25, 0.3) is 5.91 Å². The van der Waals surface area contributed by atoms with Crippen LogP contribution < -0.4 is 4.74 Å². The number of hydrogen-bond donors (Lipinski definition) is 1. The molecule has 0 aliphatic carbocycles. The second kappa shape index (κ2) is 10.1. The Balaban J connectivity index is 1.16. The standard InChI is InChI=1S/C25H31ClN2O5S/c1-17-13-25(24-20(12-22(26)34-24)21(29)15-33-25)6-7-28(17)14-18-2-4-19(5-3-18)32-16-23(30)27-8-10-31-11-9-27/h2-5,12,17,21,29H,6-11,13-16H2,1H3/t17-,21-,25+/m0/s1. The van der Waals surface area contributed by atoms with Crippen molar-refractivity contribution in [2.45, 2.75) is 44.1 Å². The summed E-state index contributed by atoms with van der Waals surface area (Å²) in [5.41, 5.74) is 1.78. The molecule has 1 N–H and O–H groups in total. The highest BCUT2D eigenvalue weighted by atomic mass is 35.5. The highest BCUT2D eigenvalue weighted by Crippen LogP contribution is 2.50. The van der Waals surface area contributed by atoms with Gasteiger partial charge >= 0.3 is 0 Å². The van der Waals surface area contributed by atoms with Crippen LogP contribution in [0.4, 0.5) is 0 Å². The Hall–Kier alpha value is -1.68. The summed E-state index contributed by atoms with van der Waals surface area (Å²) in [6.45, 7) is 6.78. The van der Waals surface area contributed by atoms with E-state index < -0.39 is 6.10 Å². The topological polar surface area (TPSA) is 71.5 Å². The van der Waals surface area contributed by atoms with Gasteiger partial charge in [-0.05, 0) is 43.5 Å². The van der Waals surface area contributed by atoms with Gasteiger partial charge < -0.3 is 24.2 Å². The molecule has 3 aliphatic heterocycles. The van der Waals surface area contributed by atoms with Crippen LogP contribution in [0.15, 0.2) is 30.3 Å². The summed E-state index contributed by atoms with van der Waals surface area (Å²) in [7, 11) is 0. The summed E-state index contributed by atoms with van der Waals surface area (Å²) in [5.74, 6) is 0.698. The molecule has 2 aromatic rings. The van der Waals surface area contributed by atoms with Crippen molar-refractivity contribution < 1.29 is 24.1 Å². The molecule has 3 atom stereocenters. The number of amides is 1. The number of carbonyl (C=O) groups is 1. The number of aliphatic hydroxyl groups excluding tert-OH is 1. The summed E-state index contributed by atoms with van der Waals surface area (Å²) < 4.78 is 18.0. The zero-order chi connectivity index (χ0) is 23.7. The molecule has 1 amide bonds. The van der Waals surface area contributed by atoms with E-state index in [0.29, 0.717) is 49.0 Å². The number of ether oxygens (including phenoxy) is 3. The first-order chi connectivity index (χ1) is 16.4. The van der Waals surface area contributed by atoms with Crippen LogP contribution >= 0.6 is 22.9 Å². The van der Waals surface area contributed by atoms with Crippen LogP contribution in [0.1, 0.15) is 41.9 Å². The van der Waals surface area contributed by atoms with Crippen LogP contribution in [-0.4, -0.2) is 72.9 Å². The van der Waals surface area contributed by atoms with Gasteiger partial charge in [-0.15, -0.1) is 11.3 Å². The van der Waals surface area contributed by atoms with Gasteiger partial charge in [0.05, 0.1) is 24.2 Å². The predicted molar refractivity (Wildman–Crippen MR) is 130 cm³/mol. The average Bonchev–Trinajstić information content (AvgIpc) is 3.27. The Kier molecular flexibility index (Phi) is 7.16. The maximum Gasteiger partial charge on any atom is 0.260 e. The number of carbonyl (C=O) groups excluding carboxylic acids is 1. The average molecular weight is 507 g/mol. The lowest BCUT2D eigenvalue weighted by Gasteiger charge is -2.47. The number of morpholine rings is 1. The largest absolute Gasteiger partial charge is 0.484 e. The van der Waals surface area contributed by atoms with Gasteiger partial charge in [-0.1, -0.05) is 23.7 Å². The highest BCUT2D eigenvalue weighted by molar-refractivity contribution is 7.16. The van der Waals surface area contributed by atoms with Gasteiger partial charge in [-0.2, -0.15) is 0 Å². The van der Waals surface area contributed by atoms with E-state index in [9.17, 15) is 9.90 Å². The number of benzene rings is 1. The number of aliphatic hydroxyl groups is 1. The minimum absolute atomic E-state index is 0.00363. The molecule has 2 fully saturated rings. The van der Waals surface area contributed by atoms with Gasteiger partial charge in [0.1, 0.15) is 17.5 Å². The fraction of sp³-hybridized carbons (Fsp3) is 0.560. The van der Waals surface area contributed by atoms with E-state index >= 15 is 0 Å². The summed E-state index contributed by atoms with van der Waals surface area (Å²) in [4.78, 5) is 17.6. The third-order valence-electron chi connectivity index (χ3n) is 7.11. The first-order valence-corrected chi connectivity index (χ1v) is 13.1. The monoisotopic (exact) mass is 506 g/mol. The molecular formula is C25H31ClN2O5S. The Bertz CT molecular complexity index is 1010. The number of rotatable bonds is 5. The number of piperidine rings is 1. The van der Waals surface area contributed by atoms with Crippen molar-refractivity contribution in [2.24, 2.45) is 0 Å². The molecule has 0 unspecified atom stereocenters. The summed E-state index contributed by atoms with van der Waals surface area (Å²) in [6, 6.07) is 10.2. The number of thiophene rings is 1. The predicted octanol–water partition coefficient (Wildman–Crippen LogP) is 3.58. The van der Waals surface area contributed by atoms with Crippen LogP contribution in [0, 0.1) is 0 Å². The molecule has 2 saturated heterocycles. The molecule has 4 heterocycles. The second-order valence-corrected chi connectivity index (χ2v) is 11.0. The Labute approximate surface area is 209 Å². The number of fused-ring (bicyclic) bond motifs is 2. The van der Waals surface area contributed by atoms with Crippen molar-refractivity contribution in [1.82, 2.24) is 9.80 Å². The molecule has 184 valence electrons. The fourth-order valence-electron chi connectivity index (χ4n) is 5.17. The van der Waals surface area contributed by atoms with Crippen LogP contribution in [-0.2, 0) is 26.4 Å². The molecule has 1 aromatic carbocycles. The van der Waals surface area contributed by atoms with E-state index in [1.54, 1.807) is 4.90 Å². The lowest BCUT2D eigenvalue weighted by atomic mass is 9.81. The van der Waals surface area contributed by atoms with Crippen molar-refractivity contribution in [3.05, 3.63) is 50.7 Å². The van der Waals surface area contributed by atoms with Crippen LogP contribution in [0.5, 0.6) is 5.75 Å². The number of halogens is 1. The Morgan fingerprint density at radius 1 is 1.26 bits per heavy atom. The van der Waals surface area contributed by atoms with Gasteiger partial charge in [0.2, 0.25) is 0 Å². The molecule has 0 saturated carbocycles. The first-order valence-electron chi connectivity index (χ1n) is 11.9. The van der Waals surface area contributed by atoms with E-state index in [4.69, 9.17) is 25.8 Å². The summed E-state index contributed by atoms with van der Waals surface area (Å²) in [5, 5.41) is 10.3. The minimum atomic E-state index is -0.595. The second-order valence-electron chi connectivity index (χ2n) is 9.36. The van der Waals surface area contributed by atoms with Crippen LogP contribution in [0.2, 0.25) is 4.34 Å². The van der Waals surface area contributed by atoms with Gasteiger partial charge in [-0.25, -0.2) is 0 Å². The number of hydrogen-bond acceptors (Lipinski definition) is 7. The fourth-order valence-corrected chi connectivity index (χ4v) is 6.64. The first kappa shape index (κ1) is 24.0. The molecule has 7 nitrogen and oxygen atoms in total. The Morgan fingerprint density at radius 3 is 2.76 bits per heavy atom. The van der Waals surface area contributed by atoms with E-state index in [0.717, 1.165) is 36.4 Å². The number of likely N-dealkylation sites (tertiary alicyclic amines) is 1. The smallest absolute Gasteiger partial charge is 0.260 e. The molecule has 3 aliphatic rings. The summed E-state index contributed by atoms with van der Waals surface area (Å²) >= 11 is 7.83. The van der Waals surface area contributed by atoms with Gasteiger partial charge in [0, 0.05) is 42.7 Å². The molecule has 1 spiro atoms. The quantitative estimate of drug-likeness (QED) is 0.668. The van der Waals surface area contributed by atoms with E-state index in [2.05, 4.69) is 24.0 Å². The zero-order valence-electron chi connectivity index (χ0n) is 19.4. The molecular weight excluding hydrogens is 476 g/mol. The van der Waals surface area contributed by atoms with Crippen molar-refractivity contribution in [3.63, 3.8) is 0 Å². The lowest BCUT2D eigenvalue weighted by molar-refractivity contribution is -0.139. The van der Waals surface area contributed by atoms with Crippen molar-refractivity contribution in [3.8, 4) is 5.75 Å². The lowest BCUT2D eigenvalue weighted by Crippen LogP contribution is -2.50. The zero-order valence-corrected chi connectivity index (χ0v) is 20.9. The molecule has 0 bridgehead atoms. The van der Waals surface area contributed by atoms with Crippen LogP contribution in [0.25, 0.3) is 0 Å². The van der Waals surface area contributed by atoms with Crippen molar-refractivity contribution in [2.75, 3.05) is 46.1 Å². The third-order valence-corrected chi connectivity index (χ3v) is 8.57. The SMILES string of the molecule is C[C@H]1C[C@@]2(CCN1Cc1ccc(OCC(=O)N3CCOCC3)cc1)OC[C@H](O)c1cc(Cl)sc12. The molecule has 34 heavy (non-hydrogen) atoms. The van der Waals surface area contributed by atoms with E-state index in [-0.39, 0.29) is 18.1 Å². The van der Waals surface area contributed by atoms with Crippen molar-refractivity contribution in [1.29, 1.82) is 0 Å². The maximum atomic E-state index is 12.3. The number of nitrogens with zero attached hydrogens (tertiary/aromatic N) is 2. The Morgan fingerprint density at radius 2 is 2.03 bits per heavy atom. The molecule has 9 heteroatoms. The molecule has 5 rings (SSSR count). The van der Waals surface area contributed by atoms with Gasteiger partial charge in [-0.3, -0.25) is 9.69 Å². The summed E-state index contributed by atoms with van der Waals surface area (Å²) in [6.07, 6.45) is 1.15. The van der Waals surface area contributed by atoms with Gasteiger partial charge in [0.15, 0.2) is 6.61 Å².